The summed E-state index contributed by atoms with van der Waals surface area (Å²) in [6, 6.07) is 0. The molecule has 9 N–H and O–H groups in total. The summed E-state index contributed by atoms with van der Waals surface area (Å²) in [7, 11) is -16.9. The van der Waals surface area contributed by atoms with E-state index < -0.39 is 59.2 Å². The second-order valence-electron chi connectivity index (χ2n) is 6.52. The van der Waals surface area contributed by atoms with Crippen molar-refractivity contribution in [2.45, 2.75) is 43.9 Å². The van der Waals surface area contributed by atoms with Crippen molar-refractivity contribution in [2.24, 2.45) is 5.73 Å². The number of nitrogens with zero attached hydrogens (tertiary/aromatic N) is 3. The van der Waals surface area contributed by atoms with Gasteiger partial charge >= 0.3 is 29.2 Å². The first-order valence-corrected chi connectivity index (χ1v) is 13.0. The van der Waals surface area contributed by atoms with E-state index >= 15 is 0 Å². The Hall–Kier alpha value is -1.54. The molecule has 0 bridgehead atoms. The summed E-state index contributed by atoms with van der Waals surface area (Å²) in [4.78, 5) is 51.7. The molecule has 0 saturated carbocycles. The fraction of sp³-hybridized carbons (Fsp3) is 0.583. The normalized spacial score (nSPS) is 30.0. The fourth-order valence-corrected chi connectivity index (χ4v) is 6.02. The maximum Gasteiger partial charge on any atom is 0.490 e. The van der Waals surface area contributed by atoms with E-state index in [-0.39, 0.29) is 5.82 Å². The van der Waals surface area contributed by atoms with Gasteiger partial charge in [-0.25, -0.2) is 18.5 Å². The van der Waals surface area contributed by atoms with Crippen molar-refractivity contribution in [3.05, 3.63) is 16.7 Å². The van der Waals surface area contributed by atoms with Crippen molar-refractivity contribution in [1.82, 2.24) is 14.8 Å². The quantitative estimate of drug-likeness (QED) is 0.139. The van der Waals surface area contributed by atoms with Crippen molar-refractivity contribution >= 4 is 29.3 Å². The maximum absolute atomic E-state index is 12.2. The van der Waals surface area contributed by atoms with Crippen LogP contribution in [-0.2, 0) is 31.6 Å². The Kier molecular flexibility index (Phi) is 8.06. The zero-order chi connectivity index (χ0) is 25.4. The van der Waals surface area contributed by atoms with Crippen molar-refractivity contribution in [3.8, 4) is 11.8 Å². The number of phosphoric ester groups is 1. The molecule has 2 rings (SSSR count). The van der Waals surface area contributed by atoms with Crippen molar-refractivity contribution < 1.29 is 56.3 Å². The van der Waals surface area contributed by atoms with E-state index in [0.717, 1.165) is 13.1 Å². The molecule has 1 saturated heterocycles. The number of hydrogen-bond donors (Lipinski definition) is 7. The first-order valence-electron chi connectivity index (χ1n) is 8.50. The highest BCUT2D eigenvalue weighted by molar-refractivity contribution is 7.66. The number of nitrogen functional groups attached to an aromatic ring is 1. The Labute approximate surface area is 184 Å². The number of aromatic nitrogens is 3. The Bertz CT molecular complexity index is 1160. The van der Waals surface area contributed by atoms with Crippen LogP contribution in [0, 0.1) is 11.8 Å². The molecule has 0 aliphatic carbocycles. The average Bonchev–Trinajstić information content (AvgIpc) is 2.83. The lowest BCUT2D eigenvalue weighted by Gasteiger charge is -2.27. The number of ether oxygens (including phenoxy) is 1. The Morgan fingerprint density at radius 2 is 1.85 bits per heavy atom. The van der Waals surface area contributed by atoms with Gasteiger partial charge in [0.15, 0.2) is 11.8 Å². The predicted octanol–water partition coefficient (Wildman–Crippen LogP) is -2.07. The molecule has 0 spiro atoms. The highest BCUT2D eigenvalue weighted by Gasteiger charge is 2.57. The molecule has 1 aliphatic rings. The molecular formula is C12H20N5O13P3. The lowest BCUT2D eigenvalue weighted by atomic mass is 9.90. The van der Waals surface area contributed by atoms with Crippen LogP contribution in [0.5, 0.6) is 0 Å². The Morgan fingerprint density at radius 3 is 2.36 bits per heavy atom. The molecule has 2 heterocycles. The number of nitrogens with two attached hydrogens (primary N) is 2. The van der Waals surface area contributed by atoms with Gasteiger partial charge in [0.1, 0.15) is 18.0 Å². The van der Waals surface area contributed by atoms with Crippen molar-refractivity contribution in [2.75, 3.05) is 5.73 Å². The third-order valence-electron chi connectivity index (χ3n) is 3.97. The van der Waals surface area contributed by atoms with Gasteiger partial charge in [0.25, 0.3) is 0 Å². The number of anilines is 1. The molecule has 7 atom stereocenters. The lowest BCUT2D eigenvalue weighted by Crippen LogP contribution is -2.56. The highest BCUT2D eigenvalue weighted by Crippen LogP contribution is 2.66. The van der Waals surface area contributed by atoms with Gasteiger partial charge < -0.3 is 40.9 Å². The summed E-state index contributed by atoms with van der Waals surface area (Å²) in [6.45, 7) is 2.41. The van der Waals surface area contributed by atoms with Crippen LogP contribution in [0.25, 0.3) is 0 Å². The molecule has 186 valence electrons. The van der Waals surface area contributed by atoms with Gasteiger partial charge in [0.05, 0.1) is 12.3 Å². The molecule has 0 radical (unpaired) electrons. The fourth-order valence-electron chi connectivity index (χ4n) is 2.82. The van der Waals surface area contributed by atoms with E-state index in [2.05, 4.69) is 35.1 Å². The molecule has 21 heteroatoms. The SMILES string of the molecule is CC#CC1(N)[C@@H](O)[C@@H]([C@@H](C)OP(=O)(O)OP(=O)(O)OP(=O)(O)O)O[C@H]1n1ncc(N)nc1=O. The number of hydrogen-bond acceptors (Lipinski definition) is 13. The van der Waals surface area contributed by atoms with Crippen molar-refractivity contribution in [1.29, 1.82) is 0 Å². The van der Waals surface area contributed by atoms with Gasteiger partial charge in [-0.3, -0.25) is 4.52 Å². The number of phosphoric acid groups is 3. The van der Waals surface area contributed by atoms with E-state index in [1.54, 1.807) is 0 Å². The smallest absolute Gasteiger partial charge is 0.387 e. The molecule has 0 amide bonds. The largest absolute Gasteiger partial charge is 0.490 e. The molecule has 1 aromatic rings. The van der Waals surface area contributed by atoms with E-state index in [4.69, 9.17) is 26.0 Å². The van der Waals surface area contributed by atoms with Gasteiger partial charge in [-0.15, -0.1) is 5.92 Å². The Morgan fingerprint density at radius 1 is 1.24 bits per heavy atom. The molecular weight excluding hydrogens is 515 g/mol. The minimum Gasteiger partial charge on any atom is -0.387 e. The topological polar surface area (TPSA) is 289 Å². The molecule has 18 nitrogen and oxygen atoms in total. The highest BCUT2D eigenvalue weighted by atomic mass is 31.3. The summed E-state index contributed by atoms with van der Waals surface area (Å²) >= 11 is 0. The zero-order valence-electron chi connectivity index (χ0n) is 16.7. The molecule has 33 heavy (non-hydrogen) atoms. The number of aliphatic hydroxyl groups is 1. The molecule has 1 aliphatic heterocycles. The van der Waals surface area contributed by atoms with Crippen molar-refractivity contribution in [3.63, 3.8) is 0 Å². The predicted molar refractivity (Wildman–Crippen MR) is 105 cm³/mol. The zero-order valence-corrected chi connectivity index (χ0v) is 19.4. The van der Waals surface area contributed by atoms with E-state index in [0.29, 0.717) is 4.68 Å². The van der Waals surface area contributed by atoms with Crippen LogP contribution in [0.2, 0.25) is 0 Å². The molecule has 1 fully saturated rings. The minimum absolute atomic E-state index is 0.225. The molecule has 1 aromatic heterocycles. The van der Waals surface area contributed by atoms with Crippen LogP contribution >= 0.6 is 23.5 Å². The van der Waals surface area contributed by atoms with Crippen LogP contribution in [0.15, 0.2) is 11.0 Å². The second kappa shape index (κ2) is 9.61. The monoisotopic (exact) mass is 535 g/mol. The number of aliphatic hydroxyl groups excluding tert-OH is 1. The average molecular weight is 535 g/mol. The maximum atomic E-state index is 12.2. The van der Waals surface area contributed by atoms with Crippen LogP contribution in [0.1, 0.15) is 20.1 Å². The van der Waals surface area contributed by atoms with Gasteiger partial charge in [-0.2, -0.15) is 23.4 Å². The Balaban J connectivity index is 2.31. The molecule has 3 unspecified atom stereocenters. The minimum atomic E-state index is -5.77. The summed E-state index contributed by atoms with van der Waals surface area (Å²) in [6.07, 6.45) is -5.69. The van der Waals surface area contributed by atoms with E-state index in [9.17, 15) is 33.4 Å². The van der Waals surface area contributed by atoms with Crippen LogP contribution in [0.4, 0.5) is 5.82 Å². The van der Waals surface area contributed by atoms with Gasteiger partial charge in [-0.05, 0) is 13.8 Å². The van der Waals surface area contributed by atoms with Crippen LogP contribution in [0.3, 0.4) is 0 Å². The van der Waals surface area contributed by atoms with Gasteiger partial charge in [-0.1, -0.05) is 5.92 Å². The van der Waals surface area contributed by atoms with Crippen LogP contribution < -0.4 is 17.2 Å². The van der Waals surface area contributed by atoms with E-state index in [1.807, 2.05) is 0 Å². The summed E-state index contributed by atoms with van der Waals surface area (Å²) in [5.74, 6) is 4.67. The third kappa shape index (κ3) is 6.75. The third-order valence-corrected chi connectivity index (χ3v) is 7.90. The standard InChI is InChI=1S/C12H20N5O13P3/c1-3-4-12(14)9(18)8(27-10(12)17-11(19)16-7(13)5-15-17)6(2)28-32(23,24)30-33(25,26)29-31(20,21)22/h5-6,8-10,18H,14H2,1-2H3,(H,23,24)(H,25,26)(H2,13,16,19)(H2,20,21,22)/t6-,8-,9+,10-,12?/m1/s1. The summed E-state index contributed by atoms with van der Waals surface area (Å²) in [5, 5.41) is 14.4. The number of rotatable bonds is 8. The van der Waals surface area contributed by atoms with Gasteiger partial charge in [0.2, 0.25) is 0 Å². The second-order valence-corrected chi connectivity index (χ2v) is 10.9. The first kappa shape index (κ1) is 27.7. The van der Waals surface area contributed by atoms with E-state index in [1.165, 1.54) is 6.92 Å². The first-order chi connectivity index (χ1) is 14.9. The van der Waals surface area contributed by atoms with Gasteiger partial charge in [0, 0.05) is 0 Å². The summed E-state index contributed by atoms with van der Waals surface area (Å²) < 4.78 is 52.3. The summed E-state index contributed by atoms with van der Waals surface area (Å²) in [5.41, 5.74) is 8.47. The van der Waals surface area contributed by atoms with Crippen LogP contribution in [-0.4, -0.2) is 63.3 Å². The lowest BCUT2D eigenvalue weighted by molar-refractivity contribution is -0.0793. The molecule has 0 aromatic carbocycles.